The third-order valence-electron chi connectivity index (χ3n) is 4.25. The van der Waals surface area contributed by atoms with E-state index in [0.717, 1.165) is 14.9 Å². The molecular formula is C20H19N3O4S. The molecule has 8 heteroatoms. The molecule has 1 aliphatic heterocycles. The molecular weight excluding hydrogens is 378 g/mol. The van der Waals surface area contributed by atoms with Gasteiger partial charge in [0.25, 0.3) is 11.8 Å². The first kappa shape index (κ1) is 19.7. The first-order valence-electron chi connectivity index (χ1n) is 8.54. The molecule has 2 aromatic carbocycles. The van der Waals surface area contributed by atoms with Crippen molar-refractivity contribution in [3.05, 3.63) is 77.9 Å². The zero-order valence-electron chi connectivity index (χ0n) is 15.3. The average molecular weight is 397 g/mol. The Hall–Kier alpha value is -3.10. The van der Waals surface area contributed by atoms with Gasteiger partial charge in [-0.3, -0.25) is 9.59 Å². The Morgan fingerprint density at radius 3 is 2.11 bits per heavy atom. The van der Waals surface area contributed by atoms with Crippen molar-refractivity contribution in [1.82, 2.24) is 9.31 Å². The zero-order valence-corrected chi connectivity index (χ0v) is 16.1. The molecule has 7 nitrogen and oxygen atoms in total. The third-order valence-corrected chi connectivity index (χ3v) is 6.09. The number of carbonyl (C=O) groups is 2. The number of hydrazone groups is 1. The van der Waals surface area contributed by atoms with Crippen molar-refractivity contribution in [2.75, 3.05) is 13.1 Å². The topological polar surface area (TPSA) is 87.1 Å². The molecule has 0 atom stereocenters. The van der Waals surface area contributed by atoms with Gasteiger partial charge in [0.2, 0.25) is 10.0 Å². The van der Waals surface area contributed by atoms with Gasteiger partial charge in [-0.2, -0.15) is 14.4 Å². The molecule has 2 amide bonds. The van der Waals surface area contributed by atoms with Crippen molar-refractivity contribution >= 4 is 28.1 Å². The lowest BCUT2D eigenvalue weighted by atomic mass is 10.1. The molecule has 144 valence electrons. The van der Waals surface area contributed by atoms with Gasteiger partial charge in [0.15, 0.2) is 0 Å². The molecule has 0 saturated carbocycles. The molecule has 0 spiro atoms. The quantitative estimate of drug-likeness (QED) is 0.408. The van der Waals surface area contributed by atoms with Gasteiger partial charge in [-0.05, 0) is 31.2 Å². The Bertz CT molecular complexity index is 1020. The number of benzene rings is 2. The number of aryl methyl sites for hydroxylation is 1. The van der Waals surface area contributed by atoms with Crippen molar-refractivity contribution in [1.29, 1.82) is 0 Å². The van der Waals surface area contributed by atoms with Gasteiger partial charge < -0.3 is 0 Å². The number of nitrogens with zero attached hydrogens (tertiary/aromatic N) is 3. The molecule has 0 saturated heterocycles. The maximum Gasteiger partial charge on any atom is 0.282 e. The second-order valence-corrected chi connectivity index (χ2v) is 8.13. The molecule has 0 aliphatic carbocycles. The van der Waals surface area contributed by atoms with E-state index in [1.807, 2.05) is 6.92 Å². The molecule has 3 rings (SSSR count). The van der Waals surface area contributed by atoms with Gasteiger partial charge in [0, 0.05) is 12.8 Å². The van der Waals surface area contributed by atoms with Crippen molar-refractivity contribution < 1.29 is 18.0 Å². The predicted molar refractivity (Wildman–Crippen MR) is 106 cm³/mol. The highest BCUT2D eigenvalue weighted by atomic mass is 32.2. The van der Waals surface area contributed by atoms with E-state index in [1.54, 1.807) is 36.4 Å². The van der Waals surface area contributed by atoms with Crippen molar-refractivity contribution in [2.45, 2.75) is 11.8 Å². The standard InChI is InChI=1S/C20H19N3O4S/c1-3-13-22(28(26,27)16-10-8-15(2)9-11-16)14-12-21-23-19(24)17-6-4-5-7-18(17)20(23)25/h3-12H,1,13-14H2,2H3/b21-12+. The van der Waals surface area contributed by atoms with E-state index >= 15 is 0 Å². The smallest absolute Gasteiger partial charge is 0.267 e. The van der Waals surface area contributed by atoms with Crippen LogP contribution in [0.1, 0.15) is 26.3 Å². The molecule has 0 fully saturated rings. The molecule has 0 N–H and O–H groups in total. The van der Waals surface area contributed by atoms with Crippen LogP contribution in [0.5, 0.6) is 0 Å². The lowest BCUT2D eigenvalue weighted by Gasteiger charge is -2.19. The van der Waals surface area contributed by atoms with E-state index in [9.17, 15) is 18.0 Å². The zero-order chi connectivity index (χ0) is 20.3. The van der Waals surface area contributed by atoms with E-state index in [-0.39, 0.29) is 29.1 Å². The van der Waals surface area contributed by atoms with E-state index in [1.165, 1.54) is 24.4 Å². The largest absolute Gasteiger partial charge is 0.282 e. The minimum Gasteiger partial charge on any atom is -0.267 e. The van der Waals surface area contributed by atoms with Crippen LogP contribution < -0.4 is 0 Å². The maximum atomic E-state index is 12.8. The molecule has 2 aromatic rings. The maximum absolute atomic E-state index is 12.8. The summed E-state index contributed by atoms with van der Waals surface area (Å²) >= 11 is 0. The SMILES string of the molecule is C=CCN(C/C=N/N1C(=O)c2ccccc2C1=O)S(=O)(=O)c1ccc(C)cc1. The van der Waals surface area contributed by atoms with E-state index in [2.05, 4.69) is 11.7 Å². The highest BCUT2D eigenvalue weighted by Gasteiger charge is 2.35. The van der Waals surface area contributed by atoms with Crippen LogP contribution in [-0.2, 0) is 10.0 Å². The fraction of sp³-hybridized carbons (Fsp3) is 0.150. The lowest BCUT2D eigenvalue weighted by molar-refractivity contribution is 0.0659. The van der Waals surface area contributed by atoms with Crippen LogP contribution in [0, 0.1) is 6.92 Å². The number of amides is 2. The number of hydrogen-bond donors (Lipinski definition) is 0. The normalized spacial score (nSPS) is 14.1. The summed E-state index contributed by atoms with van der Waals surface area (Å²) in [5, 5.41) is 4.66. The lowest BCUT2D eigenvalue weighted by Crippen LogP contribution is -2.33. The average Bonchev–Trinajstić information content (AvgIpc) is 2.92. The fourth-order valence-corrected chi connectivity index (χ4v) is 4.11. The number of fused-ring (bicyclic) bond motifs is 1. The Morgan fingerprint density at radius 1 is 1.00 bits per heavy atom. The predicted octanol–water partition coefficient (Wildman–Crippen LogP) is 2.45. The molecule has 0 radical (unpaired) electrons. The third kappa shape index (κ3) is 3.64. The number of rotatable bonds is 7. The molecule has 0 aromatic heterocycles. The van der Waals surface area contributed by atoms with Gasteiger partial charge in [-0.15, -0.1) is 6.58 Å². The minimum absolute atomic E-state index is 0.0599. The number of carbonyl (C=O) groups excluding carboxylic acids is 2. The van der Waals surface area contributed by atoms with E-state index in [0.29, 0.717) is 0 Å². The first-order chi connectivity index (χ1) is 13.4. The molecule has 0 unspecified atom stereocenters. The van der Waals surface area contributed by atoms with Crippen LogP contribution in [0.4, 0.5) is 0 Å². The van der Waals surface area contributed by atoms with Crippen LogP contribution in [0.3, 0.4) is 0 Å². The number of sulfonamides is 1. The summed E-state index contributed by atoms with van der Waals surface area (Å²) in [7, 11) is -3.77. The van der Waals surface area contributed by atoms with Crippen molar-refractivity contribution in [3.63, 3.8) is 0 Å². The summed E-state index contributed by atoms with van der Waals surface area (Å²) in [6.07, 6.45) is 2.69. The van der Waals surface area contributed by atoms with Gasteiger partial charge in [-0.1, -0.05) is 35.9 Å². The summed E-state index contributed by atoms with van der Waals surface area (Å²) in [6, 6.07) is 12.9. The van der Waals surface area contributed by atoms with Gasteiger partial charge in [0.1, 0.15) is 0 Å². The Kier molecular flexibility index (Phi) is 5.53. The van der Waals surface area contributed by atoms with Crippen LogP contribution >= 0.6 is 0 Å². The van der Waals surface area contributed by atoms with Crippen LogP contribution in [0.2, 0.25) is 0 Å². The summed E-state index contributed by atoms with van der Waals surface area (Å²) in [5.41, 5.74) is 1.50. The number of imide groups is 1. The monoisotopic (exact) mass is 397 g/mol. The van der Waals surface area contributed by atoms with E-state index in [4.69, 9.17) is 0 Å². The van der Waals surface area contributed by atoms with Crippen LogP contribution in [0.25, 0.3) is 0 Å². The second-order valence-electron chi connectivity index (χ2n) is 6.19. The van der Waals surface area contributed by atoms with Crippen LogP contribution in [0.15, 0.2) is 71.2 Å². The summed E-state index contributed by atoms with van der Waals surface area (Å²) < 4.78 is 26.8. The first-order valence-corrected chi connectivity index (χ1v) is 9.98. The van der Waals surface area contributed by atoms with Crippen LogP contribution in [-0.4, -0.2) is 48.9 Å². The second kappa shape index (κ2) is 7.87. The Labute approximate surface area is 163 Å². The number of hydrogen-bond acceptors (Lipinski definition) is 5. The molecule has 1 aliphatic rings. The van der Waals surface area contributed by atoms with Gasteiger partial charge >= 0.3 is 0 Å². The summed E-state index contributed by atoms with van der Waals surface area (Å²) in [6.45, 7) is 5.40. The van der Waals surface area contributed by atoms with E-state index < -0.39 is 21.8 Å². The summed E-state index contributed by atoms with van der Waals surface area (Å²) in [5.74, 6) is -1.07. The fourth-order valence-electron chi connectivity index (χ4n) is 2.76. The highest BCUT2D eigenvalue weighted by Crippen LogP contribution is 2.22. The molecule has 28 heavy (non-hydrogen) atoms. The highest BCUT2D eigenvalue weighted by molar-refractivity contribution is 7.89. The minimum atomic E-state index is -3.77. The Balaban J connectivity index is 1.79. The molecule has 1 heterocycles. The molecule has 0 bridgehead atoms. The van der Waals surface area contributed by atoms with Gasteiger partial charge in [0.05, 0.1) is 22.6 Å². The summed E-state index contributed by atoms with van der Waals surface area (Å²) in [4.78, 5) is 24.8. The van der Waals surface area contributed by atoms with Gasteiger partial charge in [-0.25, -0.2) is 8.42 Å². The van der Waals surface area contributed by atoms with Crippen molar-refractivity contribution in [3.8, 4) is 0 Å². The van der Waals surface area contributed by atoms with Crippen molar-refractivity contribution in [2.24, 2.45) is 5.10 Å². The Morgan fingerprint density at radius 2 is 1.57 bits per heavy atom.